The predicted octanol–water partition coefficient (Wildman–Crippen LogP) is 4.31. The first kappa shape index (κ1) is 13.4. The van der Waals surface area contributed by atoms with Gasteiger partial charge in [-0.05, 0) is 28.5 Å². The molecule has 0 aliphatic heterocycles. The van der Waals surface area contributed by atoms with Crippen molar-refractivity contribution in [2.24, 2.45) is 0 Å². The lowest BCUT2D eigenvalue weighted by Gasteiger charge is -2.09. The molecule has 3 rings (SSSR count). The number of Topliss-reactive ketones (excluding diaryl/α,β-unsaturated/α-hetero) is 1. The van der Waals surface area contributed by atoms with Crippen LogP contribution in [-0.4, -0.2) is 12.8 Å². The van der Waals surface area contributed by atoms with E-state index in [0.29, 0.717) is 6.42 Å². The third-order valence-corrected chi connectivity index (χ3v) is 3.73. The van der Waals surface area contributed by atoms with E-state index in [9.17, 15) is 4.79 Å². The second-order valence-corrected chi connectivity index (χ2v) is 5.03. The zero-order valence-corrected chi connectivity index (χ0v) is 12.0. The molecule has 0 unspecified atom stereocenters. The van der Waals surface area contributed by atoms with Gasteiger partial charge in [0.15, 0.2) is 5.78 Å². The molecule has 21 heavy (non-hydrogen) atoms. The lowest BCUT2D eigenvalue weighted by Crippen LogP contribution is -2.07. The highest BCUT2D eigenvalue weighted by atomic mass is 16.1. The van der Waals surface area contributed by atoms with Gasteiger partial charge in [0.25, 0.3) is 0 Å². The molecule has 3 aromatic carbocycles. The van der Waals surface area contributed by atoms with E-state index < -0.39 is 0 Å². The van der Waals surface area contributed by atoms with Crippen LogP contribution in [0.2, 0.25) is 0 Å². The fraction of sp³-hybridized carbons (Fsp3) is 0.105. The van der Waals surface area contributed by atoms with Gasteiger partial charge in [0.05, 0.1) is 0 Å². The molecule has 0 fully saturated rings. The number of hydrogen-bond donors (Lipinski definition) is 1. The fourth-order valence-electron chi connectivity index (χ4n) is 2.66. The van der Waals surface area contributed by atoms with E-state index in [-0.39, 0.29) is 5.78 Å². The quantitative estimate of drug-likeness (QED) is 0.719. The average Bonchev–Trinajstić information content (AvgIpc) is 2.55. The number of ketones is 1. The molecule has 2 nitrogen and oxygen atoms in total. The minimum atomic E-state index is 0.135. The van der Waals surface area contributed by atoms with E-state index >= 15 is 0 Å². The Kier molecular flexibility index (Phi) is 3.69. The van der Waals surface area contributed by atoms with Gasteiger partial charge >= 0.3 is 0 Å². The number of nitrogens with one attached hydrogen (secondary N) is 1. The summed E-state index contributed by atoms with van der Waals surface area (Å²) >= 11 is 0. The van der Waals surface area contributed by atoms with Crippen molar-refractivity contribution in [3.63, 3.8) is 0 Å². The minimum absolute atomic E-state index is 0.135. The summed E-state index contributed by atoms with van der Waals surface area (Å²) < 4.78 is 0. The Hall–Kier alpha value is -2.61. The molecule has 0 atom stereocenters. The molecule has 0 radical (unpaired) electrons. The van der Waals surface area contributed by atoms with E-state index in [1.807, 2.05) is 55.6 Å². The van der Waals surface area contributed by atoms with Crippen LogP contribution in [0.3, 0.4) is 0 Å². The molecule has 0 aliphatic carbocycles. The molecule has 0 amide bonds. The molecule has 1 N–H and O–H groups in total. The van der Waals surface area contributed by atoms with Gasteiger partial charge in [0.2, 0.25) is 0 Å². The van der Waals surface area contributed by atoms with E-state index in [1.54, 1.807) is 0 Å². The first-order chi connectivity index (χ1) is 10.3. The second-order valence-electron chi connectivity index (χ2n) is 5.03. The van der Waals surface area contributed by atoms with Gasteiger partial charge < -0.3 is 5.32 Å². The normalized spacial score (nSPS) is 10.5. The molecule has 0 spiro atoms. The standard InChI is InChI=1S/C19H17NO/c1-20-18-12-5-4-11-17(18)19(21)13-15-9-6-8-14-7-2-3-10-16(14)15/h2-12,20H,13H2,1H3. The van der Waals surface area contributed by atoms with Gasteiger partial charge in [-0.15, -0.1) is 0 Å². The summed E-state index contributed by atoms with van der Waals surface area (Å²) in [5, 5.41) is 5.40. The Morgan fingerprint density at radius 2 is 1.62 bits per heavy atom. The Labute approximate surface area is 124 Å². The summed E-state index contributed by atoms with van der Waals surface area (Å²) in [6.07, 6.45) is 0.417. The lowest BCUT2D eigenvalue weighted by atomic mass is 9.97. The van der Waals surface area contributed by atoms with Crippen molar-refractivity contribution in [1.82, 2.24) is 0 Å². The largest absolute Gasteiger partial charge is 0.388 e. The maximum absolute atomic E-state index is 12.6. The number of carbonyl (C=O) groups is 1. The Balaban J connectivity index is 1.97. The van der Waals surface area contributed by atoms with Crippen molar-refractivity contribution < 1.29 is 4.79 Å². The number of fused-ring (bicyclic) bond motifs is 1. The van der Waals surface area contributed by atoms with Crippen molar-refractivity contribution in [3.05, 3.63) is 77.9 Å². The van der Waals surface area contributed by atoms with Crippen molar-refractivity contribution in [2.75, 3.05) is 12.4 Å². The first-order valence-corrected chi connectivity index (χ1v) is 7.06. The van der Waals surface area contributed by atoms with E-state index in [4.69, 9.17) is 0 Å². The molecule has 2 heteroatoms. The van der Waals surface area contributed by atoms with Crippen LogP contribution in [0.5, 0.6) is 0 Å². The monoisotopic (exact) mass is 275 g/mol. The minimum Gasteiger partial charge on any atom is -0.388 e. The van der Waals surface area contributed by atoms with Crippen molar-refractivity contribution in [3.8, 4) is 0 Å². The maximum atomic E-state index is 12.6. The SMILES string of the molecule is CNc1ccccc1C(=O)Cc1cccc2ccccc12. The summed E-state index contributed by atoms with van der Waals surface area (Å²) in [6, 6.07) is 21.9. The number of anilines is 1. The van der Waals surface area contributed by atoms with Gasteiger partial charge in [-0.25, -0.2) is 0 Å². The zero-order chi connectivity index (χ0) is 14.7. The molecule has 0 aromatic heterocycles. The van der Waals surface area contributed by atoms with Crippen LogP contribution >= 0.6 is 0 Å². The summed E-state index contributed by atoms with van der Waals surface area (Å²) in [6.45, 7) is 0. The summed E-state index contributed by atoms with van der Waals surface area (Å²) in [7, 11) is 1.84. The highest BCUT2D eigenvalue weighted by molar-refractivity contribution is 6.04. The van der Waals surface area contributed by atoms with Crippen LogP contribution in [0, 0.1) is 0 Å². The highest BCUT2D eigenvalue weighted by Gasteiger charge is 2.12. The fourth-order valence-corrected chi connectivity index (χ4v) is 2.66. The third-order valence-electron chi connectivity index (χ3n) is 3.73. The maximum Gasteiger partial charge on any atom is 0.169 e. The van der Waals surface area contributed by atoms with Crippen LogP contribution in [0.25, 0.3) is 10.8 Å². The van der Waals surface area contributed by atoms with E-state index in [0.717, 1.165) is 22.2 Å². The molecule has 0 aliphatic rings. The van der Waals surface area contributed by atoms with Gasteiger partial charge in [-0.3, -0.25) is 4.79 Å². The molecular weight excluding hydrogens is 258 g/mol. The van der Waals surface area contributed by atoms with Crippen LogP contribution in [0.4, 0.5) is 5.69 Å². The molecule has 104 valence electrons. The van der Waals surface area contributed by atoms with Crippen LogP contribution in [-0.2, 0) is 6.42 Å². The second kappa shape index (κ2) is 5.80. The molecule has 0 saturated heterocycles. The molecule has 0 heterocycles. The molecule has 3 aromatic rings. The predicted molar refractivity (Wildman–Crippen MR) is 88.0 cm³/mol. The van der Waals surface area contributed by atoms with Gasteiger partial charge in [-0.2, -0.15) is 0 Å². The summed E-state index contributed by atoms with van der Waals surface area (Å²) in [5.41, 5.74) is 2.69. The van der Waals surface area contributed by atoms with Crippen molar-refractivity contribution in [1.29, 1.82) is 0 Å². The van der Waals surface area contributed by atoms with Crippen LogP contribution in [0.1, 0.15) is 15.9 Å². The van der Waals surface area contributed by atoms with Gasteiger partial charge in [0, 0.05) is 24.7 Å². The van der Waals surface area contributed by atoms with Gasteiger partial charge in [0.1, 0.15) is 0 Å². The Morgan fingerprint density at radius 1 is 0.905 bits per heavy atom. The molecular formula is C19H17NO. The third kappa shape index (κ3) is 2.65. The number of carbonyl (C=O) groups excluding carboxylic acids is 1. The Bertz CT molecular complexity index is 787. The van der Waals surface area contributed by atoms with E-state index in [1.165, 1.54) is 5.39 Å². The summed E-state index contributed by atoms with van der Waals surface area (Å²) in [5.74, 6) is 0.135. The Morgan fingerprint density at radius 3 is 2.48 bits per heavy atom. The van der Waals surface area contributed by atoms with Crippen LogP contribution in [0.15, 0.2) is 66.7 Å². The zero-order valence-electron chi connectivity index (χ0n) is 12.0. The highest BCUT2D eigenvalue weighted by Crippen LogP contribution is 2.22. The molecule has 0 saturated carbocycles. The van der Waals surface area contributed by atoms with Crippen molar-refractivity contribution >= 4 is 22.2 Å². The van der Waals surface area contributed by atoms with Crippen LogP contribution < -0.4 is 5.32 Å². The topological polar surface area (TPSA) is 29.1 Å². The number of benzene rings is 3. The van der Waals surface area contributed by atoms with E-state index in [2.05, 4.69) is 23.5 Å². The number of rotatable bonds is 4. The number of para-hydroxylation sites is 1. The lowest BCUT2D eigenvalue weighted by molar-refractivity contribution is 0.0994. The smallest absolute Gasteiger partial charge is 0.169 e. The molecule has 0 bridgehead atoms. The number of hydrogen-bond acceptors (Lipinski definition) is 2. The van der Waals surface area contributed by atoms with Crippen molar-refractivity contribution in [2.45, 2.75) is 6.42 Å². The first-order valence-electron chi connectivity index (χ1n) is 7.06. The van der Waals surface area contributed by atoms with Gasteiger partial charge in [-0.1, -0.05) is 54.6 Å². The summed E-state index contributed by atoms with van der Waals surface area (Å²) in [4.78, 5) is 12.6. The average molecular weight is 275 g/mol.